The van der Waals surface area contributed by atoms with E-state index in [2.05, 4.69) is 28.1 Å². The van der Waals surface area contributed by atoms with Crippen LogP contribution in [0.4, 0.5) is 14.6 Å². The summed E-state index contributed by atoms with van der Waals surface area (Å²) in [6.07, 6.45) is 3.22. The molecule has 0 saturated heterocycles. The summed E-state index contributed by atoms with van der Waals surface area (Å²) in [6, 6.07) is 4.25. The number of alkyl halides is 2. The molecule has 0 fully saturated rings. The van der Waals surface area contributed by atoms with Crippen molar-refractivity contribution in [2.45, 2.75) is 51.4 Å². The van der Waals surface area contributed by atoms with Gasteiger partial charge in [0.1, 0.15) is 12.4 Å². The molecule has 2 heterocycles. The Kier molecular flexibility index (Phi) is 13.9. The molecule has 0 spiro atoms. The van der Waals surface area contributed by atoms with Crippen LogP contribution in [0.15, 0.2) is 12.1 Å². The molecule has 0 radical (unpaired) electrons. The van der Waals surface area contributed by atoms with E-state index in [-0.39, 0.29) is 13.0 Å². The predicted octanol–water partition coefficient (Wildman–Crippen LogP) is 2.79. The number of nitrogens with zero attached hydrogens (tertiary/aromatic N) is 2. The lowest BCUT2D eigenvalue weighted by molar-refractivity contribution is -0.137. The number of ether oxygens (including phenoxy) is 1. The summed E-state index contributed by atoms with van der Waals surface area (Å²) in [4.78, 5) is 17.5. The molecule has 0 aromatic carbocycles. The molecule has 1 aliphatic heterocycles. The average Bonchev–Trinajstić information content (AvgIpc) is 2.74. The highest BCUT2D eigenvalue weighted by molar-refractivity contribution is 5.66. The fourth-order valence-corrected chi connectivity index (χ4v) is 3.30. The van der Waals surface area contributed by atoms with E-state index in [0.717, 1.165) is 56.7 Å². The second kappa shape index (κ2) is 15.9. The molecule has 0 unspecified atom stereocenters. The van der Waals surface area contributed by atoms with Crippen LogP contribution in [0.5, 0.6) is 0 Å². The zero-order valence-electron chi connectivity index (χ0n) is 17.9. The first-order valence-corrected chi connectivity index (χ1v) is 10.6. The molecular weight excluding hydrogens is 394 g/mol. The summed E-state index contributed by atoms with van der Waals surface area (Å²) in [5, 5.41) is 12.1. The van der Waals surface area contributed by atoms with Crippen LogP contribution in [0.3, 0.4) is 0 Å². The maximum absolute atomic E-state index is 12.2. The van der Waals surface area contributed by atoms with Crippen molar-refractivity contribution in [2.75, 3.05) is 51.8 Å². The number of unbranched alkanes of at least 4 members (excludes halogenated alkanes) is 1. The molecule has 0 amide bonds. The minimum Gasteiger partial charge on any atom is -0.481 e. The molecule has 0 bridgehead atoms. The zero-order valence-corrected chi connectivity index (χ0v) is 17.9. The van der Waals surface area contributed by atoms with Gasteiger partial charge < -0.3 is 25.8 Å². The molecular formula is C21H36F2N4O3. The molecule has 0 saturated carbocycles. The Morgan fingerprint density at radius 2 is 2.03 bits per heavy atom. The second-order valence-corrected chi connectivity index (χ2v) is 7.10. The molecule has 1 aromatic heterocycles. The highest BCUT2D eigenvalue weighted by atomic mass is 19.3. The average molecular weight is 431 g/mol. The van der Waals surface area contributed by atoms with Crippen molar-refractivity contribution in [3.63, 3.8) is 0 Å². The summed E-state index contributed by atoms with van der Waals surface area (Å²) in [5.74, 6) is 0.191. The van der Waals surface area contributed by atoms with E-state index < -0.39 is 19.0 Å². The number of carboxylic acid groups (broad SMARTS) is 1. The first kappa shape index (κ1) is 26.2. The smallest absolute Gasteiger partial charge is 0.303 e. The molecule has 9 heteroatoms. The van der Waals surface area contributed by atoms with Crippen LogP contribution in [-0.4, -0.2) is 73.8 Å². The Hall–Kier alpha value is -1.84. The lowest BCUT2D eigenvalue weighted by atomic mass is 10.1. The molecule has 30 heavy (non-hydrogen) atoms. The van der Waals surface area contributed by atoms with Gasteiger partial charge in [-0.25, -0.2) is 13.8 Å². The van der Waals surface area contributed by atoms with Gasteiger partial charge in [-0.15, -0.1) is 0 Å². The van der Waals surface area contributed by atoms with E-state index in [0.29, 0.717) is 19.5 Å². The largest absolute Gasteiger partial charge is 0.481 e. The van der Waals surface area contributed by atoms with Gasteiger partial charge in [0.25, 0.3) is 6.43 Å². The monoisotopic (exact) mass is 430 g/mol. The first-order valence-electron chi connectivity index (χ1n) is 10.6. The van der Waals surface area contributed by atoms with Crippen LogP contribution in [0.2, 0.25) is 0 Å². The lowest BCUT2D eigenvalue weighted by Crippen LogP contribution is -2.30. The van der Waals surface area contributed by atoms with Crippen LogP contribution in [0.1, 0.15) is 43.4 Å². The van der Waals surface area contributed by atoms with Gasteiger partial charge in [-0.2, -0.15) is 0 Å². The van der Waals surface area contributed by atoms with Gasteiger partial charge >= 0.3 is 5.97 Å². The van der Waals surface area contributed by atoms with Gasteiger partial charge in [-0.05, 0) is 70.3 Å². The van der Waals surface area contributed by atoms with Crippen LogP contribution in [0, 0.1) is 0 Å². The standard InChI is InChI=1S/C20H31F2N3O3.CH5N/c21-18(22)15-28-14-13-25(12-4-7-19(26)27)11-2-1-6-17-9-8-16-5-3-10-23-20(16)24-17;1-2/h8-9,18H,1-7,10-15H2,(H,23,24)(H,26,27);2H2,1H3. The summed E-state index contributed by atoms with van der Waals surface area (Å²) in [6.45, 7) is 2.61. The second-order valence-electron chi connectivity index (χ2n) is 7.10. The molecule has 0 atom stereocenters. The predicted molar refractivity (Wildman–Crippen MR) is 114 cm³/mol. The maximum atomic E-state index is 12.2. The van der Waals surface area contributed by atoms with E-state index in [1.807, 2.05) is 0 Å². The number of aliphatic carboxylic acids is 1. The van der Waals surface area contributed by atoms with E-state index >= 15 is 0 Å². The molecule has 172 valence electrons. The van der Waals surface area contributed by atoms with Crippen LogP contribution in [0.25, 0.3) is 0 Å². The van der Waals surface area contributed by atoms with Gasteiger partial charge in [0, 0.05) is 25.2 Å². The van der Waals surface area contributed by atoms with Crippen molar-refractivity contribution < 1.29 is 23.4 Å². The molecule has 4 N–H and O–H groups in total. The first-order chi connectivity index (χ1) is 14.5. The number of anilines is 1. The number of carbonyl (C=O) groups is 1. The lowest BCUT2D eigenvalue weighted by Gasteiger charge is -2.22. The fourth-order valence-electron chi connectivity index (χ4n) is 3.30. The number of nitrogens with one attached hydrogen (secondary N) is 1. The van der Waals surface area contributed by atoms with Crippen molar-refractivity contribution in [3.8, 4) is 0 Å². The van der Waals surface area contributed by atoms with Gasteiger partial charge in [-0.1, -0.05) is 6.07 Å². The van der Waals surface area contributed by atoms with Crippen LogP contribution in [-0.2, 0) is 22.4 Å². The number of nitrogens with two attached hydrogens (primary N) is 1. The molecule has 2 rings (SSSR count). The minimum atomic E-state index is -2.46. The highest BCUT2D eigenvalue weighted by Crippen LogP contribution is 2.20. The third-order valence-electron chi connectivity index (χ3n) is 4.77. The highest BCUT2D eigenvalue weighted by Gasteiger charge is 2.11. The Morgan fingerprint density at radius 3 is 2.77 bits per heavy atom. The van der Waals surface area contributed by atoms with E-state index in [1.165, 1.54) is 12.6 Å². The minimum absolute atomic E-state index is 0.112. The Balaban J connectivity index is 0.00000218. The van der Waals surface area contributed by atoms with Gasteiger partial charge in [0.15, 0.2) is 0 Å². The van der Waals surface area contributed by atoms with E-state index in [9.17, 15) is 13.6 Å². The number of fused-ring (bicyclic) bond motifs is 1. The summed E-state index contributed by atoms with van der Waals surface area (Å²) < 4.78 is 29.3. The van der Waals surface area contributed by atoms with Crippen molar-refractivity contribution in [1.29, 1.82) is 0 Å². The van der Waals surface area contributed by atoms with Crippen LogP contribution >= 0.6 is 0 Å². The Morgan fingerprint density at radius 1 is 1.27 bits per heavy atom. The Labute approximate surface area is 178 Å². The van der Waals surface area contributed by atoms with Crippen molar-refractivity contribution in [2.24, 2.45) is 5.73 Å². The van der Waals surface area contributed by atoms with Crippen molar-refractivity contribution >= 4 is 11.8 Å². The maximum Gasteiger partial charge on any atom is 0.303 e. The zero-order chi connectivity index (χ0) is 22.2. The molecule has 1 aliphatic rings. The number of rotatable bonds is 14. The van der Waals surface area contributed by atoms with E-state index in [1.54, 1.807) is 0 Å². The summed E-state index contributed by atoms with van der Waals surface area (Å²) in [7, 11) is 1.50. The molecule has 7 nitrogen and oxygen atoms in total. The van der Waals surface area contributed by atoms with Crippen molar-refractivity contribution in [1.82, 2.24) is 9.88 Å². The topological polar surface area (TPSA) is 101 Å². The molecule has 0 aliphatic carbocycles. The summed E-state index contributed by atoms with van der Waals surface area (Å²) in [5.41, 5.74) is 6.86. The van der Waals surface area contributed by atoms with E-state index in [4.69, 9.17) is 14.8 Å². The molecule has 1 aromatic rings. The number of carboxylic acids is 1. The van der Waals surface area contributed by atoms with Crippen molar-refractivity contribution in [3.05, 3.63) is 23.4 Å². The van der Waals surface area contributed by atoms with Crippen LogP contribution < -0.4 is 11.1 Å². The normalized spacial score (nSPS) is 12.9. The number of pyridine rings is 1. The Bertz CT molecular complexity index is 606. The van der Waals surface area contributed by atoms with Gasteiger partial charge in [0.2, 0.25) is 0 Å². The quantitative estimate of drug-likeness (QED) is 0.390. The number of aryl methyl sites for hydroxylation is 2. The number of hydrogen-bond acceptors (Lipinski definition) is 6. The SMILES string of the molecule is CN.O=C(O)CCCN(CCCCc1ccc2c(n1)NCCC2)CCOCC(F)F. The number of halogens is 2. The number of aromatic nitrogens is 1. The number of hydrogen-bond donors (Lipinski definition) is 3. The van der Waals surface area contributed by atoms with Gasteiger partial charge in [0.05, 0.1) is 6.61 Å². The summed E-state index contributed by atoms with van der Waals surface area (Å²) >= 11 is 0. The van der Waals surface area contributed by atoms with Gasteiger partial charge in [-0.3, -0.25) is 4.79 Å². The fraction of sp³-hybridized carbons (Fsp3) is 0.714. The third-order valence-corrected chi connectivity index (χ3v) is 4.77. The third kappa shape index (κ3) is 11.4.